The number of benzene rings is 2. The number of hydrazone groups is 1. The van der Waals surface area contributed by atoms with E-state index >= 15 is 0 Å². The lowest BCUT2D eigenvalue weighted by Crippen LogP contribution is -2.22. The highest BCUT2D eigenvalue weighted by atomic mass is 16.5. The zero-order valence-corrected chi connectivity index (χ0v) is 12.5. The Balaban J connectivity index is 1.78. The molecule has 0 saturated heterocycles. The number of nitrogens with one attached hydrogen (secondary N) is 1. The molecule has 1 amide bonds. The number of methoxy groups -OCH3 is 1. The number of hydrogen-bond donors (Lipinski definition) is 1. The number of hydrogen-bond acceptors (Lipinski definition) is 3. The van der Waals surface area contributed by atoms with E-state index in [1.807, 2.05) is 12.1 Å². The Labute approximate surface area is 129 Å². The summed E-state index contributed by atoms with van der Waals surface area (Å²) in [5.41, 5.74) is 6.57. The van der Waals surface area contributed by atoms with Crippen LogP contribution in [0.2, 0.25) is 0 Å². The Hall–Kier alpha value is -2.62. The van der Waals surface area contributed by atoms with Gasteiger partial charge in [-0.05, 0) is 43.0 Å². The summed E-state index contributed by atoms with van der Waals surface area (Å²) in [4.78, 5) is 12.2. The highest BCUT2D eigenvalue weighted by Crippen LogP contribution is 2.21. The van der Waals surface area contributed by atoms with Crippen molar-refractivity contribution in [1.82, 2.24) is 5.43 Å². The Morgan fingerprint density at radius 1 is 1.14 bits per heavy atom. The number of ether oxygens (including phenoxy) is 1. The van der Waals surface area contributed by atoms with Crippen LogP contribution in [0.5, 0.6) is 5.75 Å². The van der Waals surface area contributed by atoms with Crippen LogP contribution in [0.4, 0.5) is 0 Å². The van der Waals surface area contributed by atoms with Crippen LogP contribution in [-0.4, -0.2) is 18.7 Å². The van der Waals surface area contributed by atoms with Crippen LogP contribution in [0.3, 0.4) is 0 Å². The summed E-state index contributed by atoms with van der Waals surface area (Å²) in [6.45, 7) is 0. The number of nitrogens with zero attached hydrogens (tertiary/aromatic N) is 1. The number of amides is 1. The topological polar surface area (TPSA) is 50.7 Å². The molecule has 0 fully saturated rings. The molecule has 0 aliphatic heterocycles. The molecule has 0 spiro atoms. The summed E-state index contributed by atoms with van der Waals surface area (Å²) in [7, 11) is 1.58. The summed E-state index contributed by atoms with van der Waals surface area (Å²) in [6, 6.07) is 15.3. The lowest BCUT2D eigenvalue weighted by Gasteiger charge is -2.17. The lowest BCUT2D eigenvalue weighted by atomic mass is 9.90. The molecule has 0 aromatic heterocycles. The van der Waals surface area contributed by atoms with Crippen LogP contribution in [0, 0.1) is 0 Å². The van der Waals surface area contributed by atoms with Gasteiger partial charge in [0.05, 0.1) is 12.8 Å². The van der Waals surface area contributed by atoms with Gasteiger partial charge in [0, 0.05) is 11.1 Å². The SMILES string of the molecule is COc1cccc(C(=O)N/N=C2/CCCc3ccccc32)c1. The van der Waals surface area contributed by atoms with E-state index in [1.165, 1.54) is 5.56 Å². The minimum atomic E-state index is -0.227. The molecule has 0 atom stereocenters. The lowest BCUT2D eigenvalue weighted by molar-refractivity contribution is 0.0954. The molecule has 0 bridgehead atoms. The smallest absolute Gasteiger partial charge is 0.271 e. The minimum absolute atomic E-state index is 0.227. The number of aryl methyl sites for hydroxylation is 1. The van der Waals surface area contributed by atoms with Gasteiger partial charge in [0.2, 0.25) is 0 Å². The third-order valence-electron chi connectivity index (χ3n) is 3.81. The van der Waals surface area contributed by atoms with E-state index in [2.05, 4.69) is 22.7 Å². The maximum Gasteiger partial charge on any atom is 0.271 e. The zero-order valence-electron chi connectivity index (χ0n) is 12.5. The maximum absolute atomic E-state index is 12.2. The van der Waals surface area contributed by atoms with Crippen LogP contribution in [-0.2, 0) is 6.42 Å². The van der Waals surface area contributed by atoms with Gasteiger partial charge in [0.25, 0.3) is 5.91 Å². The first-order valence-electron chi connectivity index (χ1n) is 7.37. The maximum atomic E-state index is 12.2. The molecule has 1 aliphatic carbocycles. The van der Waals surface area contributed by atoms with E-state index in [1.54, 1.807) is 31.4 Å². The van der Waals surface area contributed by atoms with E-state index in [0.717, 1.165) is 30.5 Å². The van der Waals surface area contributed by atoms with Gasteiger partial charge in [-0.2, -0.15) is 5.10 Å². The van der Waals surface area contributed by atoms with Gasteiger partial charge in [-0.25, -0.2) is 5.43 Å². The van der Waals surface area contributed by atoms with Gasteiger partial charge in [-0.3, -0.25) is 4.79 Å². The van der Waals surface area contributed by atoms with Gasteiger partial charge in [0.15, 0.2) is 0 Å². The number of rotatable bonds is 3. The largest absolute Gasteiger partial charge is 0.497 e. The summed E-state index contributed by atoms with van der Waals surface area (Å²) >= 11 is 0. The van der Waals surface area contributed by atoms with Crippen molar-refractivity contribution in [3.8, 4) is 5.75 Å². The number of carbonyl (C=O) groups is 1. The molecular weight excluding hydrogens is 276 g/mol. The van der Waals surface area contributed by atoms with Crippen LogP contribution in [0.1, 0.15) is 34.3 Å². The second-order valence-corrected chi connectivity index (χ2v) is 5.24. The van der Waals surface area contributed by atoms with Crippen molar-refractivity contribution >= 4 is 11.6 Å². The molecule has 0 heterocycles. The van der Waals surface area contributed by atoms with E-state index in [0.29, 0.717) is 11.3 Å². The van der Waals surface area contributed by atoms with Crippen molar-refractivity contribution in [2.45, 2.75) is 19.3 Å². The monoisotopic (exact) mass is 294 g/mol. The molecule has 2 aromatic carbocycles. The third kappa shape index (κ3) is 3.01. The van der Waals surface area contributed by atoms with Crippen LogP contribution >= 0.6 is 0 Å². The first-order chi connectivity index (χ1) is 10.8. The van der Waals surface area contributed by atoms with Crippen molar-refractivity contribution in [2.75, 3.05) is 7.11 Å². The molecular formula is C18H18N2O2. The van der Waals surface area contributed by atoms with Gasteiger partial charge in [0.1, 0.15) is 5.75 Å². The Bertz CT molecular complexity index is 723. The first kappa shape index (κ1) is 14.3. The molecule has 0 saturated carbocycles. The van der Waals surface area contributed by atoms with Crippen molar-refractivity contribution in [1.29, 1.82) is 0 Å². The van der Waals surface area contributed by atoms with Gasteiger partial charge in [-0.1, -0.05) is 30.3 Å². The van der Waals surface area contributed by atoms with E-state index in [9.17, 15) is 4.79 Å². The fourth-order valence-corrected chi connectivity index (χ4v) is 2.66. The molecule has 2 aromatic rings. The second kappa shape index (κ2) is 6.43. The molecule has 0 unspecified atom stereocenters. The summed E-state index contributed by atoms with van der Waals surface area (Å²) in [5.74, 6) is 0.428. The van der Waals surface area contributed by atoms with E-state index in [-0.39, 0.29) is 5.91 Å². The van der Waals surface area contributed by atoms with E-state index in [4.69, 9.17) is 4.74 Å². The van der Waals surface area contributed by atoms with Gasteiger partial charge < -0.3 is 4.74 Å². The molecule has 1 N–H and O–H groups in total. The Morgan fingerprint density at radius 3 is 2.86 bits per heavy atom. The predicted molar refractivity (Wildman–Crippen MR) is 86.4 cm³/mol. The number of fused-ring (bicyclic) bond motifs is 1. The Morgan fingerprint density at radius 2 is 2.00 bits per heavy atom. The van der Waals surface area contributed by atoms with Crippen molar-refractivity contribution in [3.05, 3.63) is 65.2 Å². The standard InChI is InChI=1S/C18H18N2O2/c1-22-15-9-4-8-14(12-15)18(21)20-19-17-11-5-7-13-6-2-3-10-16(13)17/h2-4,6,8-10,12H,5,7,11H2,1H3,(H,20,21)/b19-17-. The van der Waals surface area contributed by atoms with Crippen molar-refractivity contribution in [2.24, 2.45) is 5.10 Å². The van der Waals surface area contributed by atoms with Gasteiger partial charge >= 0.3 is 0 Å². The average Bonchev–Trinajstić information content (AvgIpc) is 2.59. The van der Waals surface area contributed by atoms with Crippen molar-refractivity contribution in [3.63, 3.8) is 0 Å². The zero-order chi connectivity index (χ0) is 15.4. The molecule has 4 heteroatoms. The Kier molecular flexibility index (Phi) is 4.19. The van der Waals surface area contributed by atoms with Crippen LogP contribution in [0.25, 0.3) is 0 Å². The van der Waals surface area contributed by atoms with Crippen LogP contribution < -0.4 is 10.2 Å². The second-order valence-electron chi connectivity index (χ2n) is 5.24. The highest BCUT2D eigenvalue weighted by molar-refractivity contribution is 6.04. The quantitative estimate of drug-likeness (QED) is 0.884. The predicted octanol–water partition coefficient (Wildman–Crippen LogP) is 3.17. The summed E-state index contributed by atoms with van der Waals surface area (Å²) in [5, 5.41) is 4.33. The molecule has 0 radical (unpaired) electrons. The highest BCUT2D eigenvalue weighted by Gasteiger charge is 2.15. The minimum Gasteiger partial charge on any atom is -0.497 e. The molecule has 22 heavy (non-hydrogen) atoms. The average molecular weight is 294 g/mol. The molecule has 3 rings (SSSR count). The fraction of sp³-hybridized carbons (Fsp3) is 0.222. The molecule has 112 valence electrons. The summed E-state index contributed by atoms with van der Waals surface area (Å²) in [6.07, 6.45) is 3.01. The number of carbonyl (C=O) groups excluding carboxylic acids is 1. The fourth-order valence-electron chi connectivity index (χ4n) is 2.66. The van der Waals surface area contributed by atoms with Gasteiger partial charge in [-0.15, -0.1) is 0 Å². The van der Waals surface area contributed by atoms with Crippen LogP contribution in [0.15, 0.2) is 53.6 Å². The first-order valence-corrected chi connectivity index (χ1v) is 7.37. The van der Waals surface area contributed by atoms with E-state index < -0.39 is 0 Å². The van der Waals surface area contributed by atoms with Crippen molar-refractivity contribution < 1.29 is 9.53 Å². The molecule has 1 aliphatic rings. The summed E-state index contributed by atoms with van der Waals surface area (Å²) < 4.78 is 5.13. The molecule has 4 nitrogen and oxygen atoms in total. The third-order valence-corrected chi connectivity index (χ3v) is 3.81. The normalized spacial score (nSPS) is 15.2.